The molecule has 0 spiro atoms. The van der Waals surface area contributed by atoms with Gasteiger partial charge in [0.25, 0.3) is 0 Å². The summed E-state index contributed by atoms with van der Waals surface area (Å²) in [5.74, 6) is 2.19. The van der Waals surface area contributed by atoms with E-state index in [0.717, 1.165) is 28.2 Å². The van der Waals surface area contributed by atoms with Gasteiger partial charge in [0.05, 0.1) is 29.5 Å². The van der Waals surface area contributed by atoms with E-state index in [9.17, 15) is 0 Å². The lowest BCUT2D eigenvalue weighted by Gasteiger charge is -2.13. The van der Waals surface area contributed by atoms with Gasteiger partial charge in [0.1, 0.15) is 12.2 Å². The Morgan fingerprint density at radius 2 is 1.97 bits per heavy atom. The van der Waals surface area contributed by atoms with Gasteiger partial charge in [0.15, 0.2) is 17.0 Å². The number of rotatable bonds is 6. The van der Waals surface area contributed by atoms with Crippen molar-refractivity contribution in [2.75, 3.05) is 10.6 Å². The van der Waals surface area contributed by atoms with Crippen molar-refractivity contribution in [3.63, 3.8) is 0 Å². The summed E-state index contributed by atoms with van der Waals surface area (Å²) in [4.78, 5) is 25.8. The van der Waals surface area contributed by atoms with Crippen LogP contribution in [0.25, 0.3) is 22.2 Å². The molecular formula is C21H21N9. The molecule has 0 saturated carbocycles. The molecule has 0 saturated heterocycles. The third-order valence-corrected chi connectivity index (χ3v) is 4.77. The van der Waals surface area contributed by atoms with Crippen LogP contribution in [0.4, 0.5) is 17.5 Å². The van der Waals surface area contributed by atoms with Crippen LogP contribution in [0.15, 0.2) is 55.1 Å². The minimum atomic E-state index is 0.160. The van der Waals surface area contributed by atoms with Crippen LogP contribution in [0.2, 0.25) is 0 Å². The van der Waals surface area contributed by atoms with Gasteiger partial charge in [0, 0.05) is 12.2 Å². The third-order valence-electron chi connectivity index (χ3n) is 4.77. The van der Waals surface area contributed by atoms with E-state index in [0.29, 0.717) is 23.8 Å². The average Bonchev–Trinajstić information content (AvgIpc) is 3.33. The summed E-state index contributed by atoms with van der Waals surface area (Å²) in [6.45, 7) is 4.69. The van der Waals surface area contributed by atoms with Gasteiger partial charge in [-0.3, -0.25) is 9.55 Å². The molecule has 9 nitrogen and oxygen atoms in total. The third kappa shape index (κ3) is 3.30. The number of hydrogen-bond acceptors (Lipinski definition) is 7. The molecule has 0 radical (unpaired) electrons. The van der Waals surface area contributed by atoms with E-state index in [1.165, 1.54) is 0 Å². The Bertz CT molecular complexity index is 1270. The van der Waals surface area contributed by atoms with Crippen molar-refractivity contribution in [2.45, 2.75) is 26.4 Å². The highest BCUT2D eigenvalue weighted by Gasteiger charge is 2.18. The zero-order valence-corrected chi connectivity index (χ0v) is 16.7. The number of para-hydroxylation sites is 2. The maximum Gasteiger partial charge on any atom is 0.210 e. The van der Waals surface area contributed by atoms with Gasteiger partial charge >= 0.3 is 0 Å². The summed E-state index contributed by atoms with van der Waals surface area (Å²) in [5, 5.41) is 6.68. The Morgan fingerprint density at radius 1 is 1.07 bits per heavy atom. The maximum atomic E-state index is 4.79. The molecule has 30 heavy (non-hydrogen) atoms. The number of nitrogens with one attached hydrogen (secondary N) is 3. The molecule has 0 amide bonds. The summed E-state index contributed by atoms with van der Waals surface area (Å²) in [7, 11) is 0. The number of H-pyrrole nitrogens is 1. The van der Waals surface area contributed by atoms with Gasteiger partial charge in [-0.15, -0.1) is 0 Å². The summed E-state index contributed by atoms with van der Waals surface area (Å²) < 4.78 is 2.05. The monoisotopic (exact) mass is 399 g/mol. The van der Waals surface area contributed by atoms with Gasteiger partial charge in [0.2, 0.25) is 5.95 Å². The first-order valence-electron chi connectivity index (χ1n) is 9.76. The zero-order chi connectivity index (χ0) is 20.5. The zero-order valence-electron chi connectivity index (χ0n) is 16.7. The van der Waals surface area contributed by atoms with E-state index in [1.54, 1.807) is 18.7 Å². The predicted molar refractivity (Wildman–Crippen MR) is 117 cm³/mol. The predicted octanol–water partition coefficient (Wildman–Crippen LogP) is 4.03. The Morgan fingerprint density at radius 3 is 2.77 bits per heavy atom. The highest BCUT2D eigenvalue weighted by molar-refractivity contribution is 5.86. The second kappa shape index (κ2) is 7.43. The van der Waals surface area contributed by atoms with Gasteiger partial charge in [-0.05, 0) is 38.1 Å². The molecule has 1 aromatic carbocycles. The lowest BCUT2D eigenvalue weighted by molar-refractivity contribution is 0.620. The fraction of sp³-hybridized carbons (Fsp3) is 0.190. The van der Waals surface area contributed by atoms with Crippen molar-refractivity contribution in [3.8, 4) is 0 Å². The SMILES string of the molecule is CC(C)n1c(Nc2cccnc2)nc2c(NCc3nc4ccccc4[nH]3)ncnc21. The molecule has 0 unspecified atom stereocenters. The first kappa shape index (κ1) is 18.0. The number of benzene rings is 1. The highest BCUT2D eigenvalue weighted by atomic mass is 15.3. The molecule has 5 rings (SSSR count). The quantitative estimate of drug-likeness (QED) is 0.395. The number of hydrogen-bond donors (Lipinski definition) is 3. The number of anilines is 3. The van der Waals surface area contributed by atoms with Crippen LogP contribution in [0.3, 0.4) is 0 Å². The number of pyridine rings is 1. The van der Waals surface area contributed by atoms with Crippen molar-refractivity contribution in [3.05, 3.63) is 60.9 Å². The summed E-state index contributed by atoms with van der Waals surface area (Å²) in [6.07, 6.45) is 5.05. The molecule has 0 fully saturated rings. The number of aromatic nitrogens is 7. The normalized spacial score (nSPS) is 11.4. The molecule has 0 aliphatic heterocycles. The van der Waals surface area contributed by atoms with E-state index in [1.807, 2.05) is 36.4 Å². The van der Waals surface area contributed by atoms with Crippen LogP contribution in [0, 0.1) is 0 Å². The van der Waals surface area contributed by atoms with E-state index in [4.69, 9.17) is 4.98 Å². The fourth-order valence-electron chi connectivity index (χ4n) is 3.44. The Balaban J connectivity index is 1.48. The smallest absolute Gasteiger partial charge is 0.210 e. The molecule has 5 aromatic rings. The van der Waals surface area contributed by atoms with Crippen LogP contribution >= 0.6 is 0 Å². The van der Waals surface area contributed by atoms with Gasteiger partial charge in [-0.2, -0.15) is 0 Å². The molecule has 4 aromatic heterocycles. The second-order valence-corrected chi connectivity index (χ2v) is 7.21. The standard InChI is InChI=1S/C21H21N9/c1-13(2)30-20-18(29-21(30)26-14-6-5-9-22-10-14)19(24-12-25-20)23-11-17-27-15-7-3-4-8-16(15)28-17/h3-10,12-13H,11H2,1-2H3,(H,26,29)(H,27,28)(H,23,24,25). The number of aromatic amines is 1. The maximum absolute atomic E-state index is 4.79. The molecule has 9 heteroatoms. The van der Waals surface area contributed by atoms with Crippen LogP contribution in [0.5, 0.6) is 0 Å². The lowest BCUT2D eigenvalue weighted by atomic mass is 10.3. The second-order valence-electron chi connectivity index (χ2n) is 7.21. The summed E-state index contributed by atoms with van der Waals surface area (Å²) >= 11 is 0. The summed E-state index contributed by atoms with van der Waals surface area (Å²) in [6, 6.07) is 11.9. The largest absolute Gasteiger partial charge is 0.361 e. The molecule has 0 aliphatic rings. The van der Waals surface area contributed by atoms with Crippen molar-refractivity contribution in [1.29, 1.82) is 0 Å². The minimum absolute atomic E-state index is 0.160. The Hall–Kier alpha value is -4.01. The minimum Gasteiger partial charge on any atom is -0.361 e. The molecule has 3 N–H and O–H groups in total. The fourth-order valence-corrected chi connectivity index (χ4v) is 3.44. The number of nitrogens with zero attached hydrogens (tertiary/aromatic N) is 6. The van der Waals surface area contributed by atoms with Crippen LogP contribution < -0.4 is 10.6 Å². The van der Waals surface area contributed by atoms with Gasteiger partial charge in [-0.25, -0.2) is 19.9 Å². The average molecular weight is 399 g/mol. The van der Waals surface area contributed by atoms with E-state index >= 15 is 0 Å². The molecule has 0 aliphatic carbocycles. The van der Waals surface area contributed by atoms with Crippen molar-refractivity contribution in [1.82, 2.24) is 34.5 Å². The molecule has 0 bridgehead atoms. The van der Waals surface area contributed by atoms with Crippen LogP contribution in [-0.2, 0) is 6.54 Å². The number of imidazole rings is 2. The molecular weight excluding hydrogens is 378 g/mol. The topological polar surface area (TPSA) is 109 Å². The first-order chi connectivity index (χ1) is 14.7. The van der Waals surface area contributed by atoms with Gasteiger partial charge in [-0.1, -0.05) is 12.1 Å². The molecule has 150 valence electrons. The van der Waals surface area contributed by atoms with E-state index in [2.05, 4.69) is 54.0 Å². The summed E-state index contributed by atoms with van der Waals surface area (Å²) in [5.41, 5.74) is 4.27. The van der Waals surface area contributed by atoms with Gasteiger partial charge < -0.3 is 15.6 Å². The van der Waals surface area contributed by atoms with Crippen LogP contribution in [0.1, 0.15) is 25.7 Å². The lowest BCUT2D eigenvalue weighted by Crippen LogP contribution is -2.07. The first-order valence-corrected chi connectivity index (χ1v) is 9.76. The molecule has 4 heterocycles. The van der Waals surface area contributed by atoms with Crippen molar-refractivity contribution in [2.24, 2.45) is 0 Å². The van der Waals surface area contributed by atoms with Crippen LogP contribution in [-0.4, -0.2) is 34.5 Å². The van der Waals surface area contributed by atoms with Crippen molar-refractivity contribution < 1.29 is 0 Å². The van der Waals surface area contributed by atoms with E-state index in [-0.39, 0.29) is 6.04 Å². The van der Waals surface area contributed by atoms with Crippen molar-refractivity contribution >= 4 is 39.7 Å². The Labute approximate surface area is 172 Å². The molecule has 0 atom stereocenters. The number of fused-ring (bicyclic) bond motifs is 2. The van der Waals surface area contributed by atoms with E-state index < -0.39 is 0 Å². The highest BCUT2D eigenvalue weighted by Crippen LogP contribution is 2.28. The Kier molecular flexibility index (Phi) is 4.47.